The summed E-state index contributed by atoms with van der Waals surface area (Å²) in [6, 6.07) is 0.645. The highest BCUT2D eigenvalue weighted by atomic mass is 16.3. The largest absolute Gasteiger partial charge is 0.392 e. The summed E-state index contributed by atoms with van der Waals surface area (Å²) in [5.74, 6) is 0.953. The van der Waals surface area contributed by atoms with E-state index in [1.807, 2.05) is 6.92 Å². The number of nitrogens with zero attached hydrogens (tertiary/aromatic N) is 2. The first kappa shape index (κ1) is 15.3. The average Bonchev–Trinajstić information content (AvgIpc) is 2.41. The minimum Gasteiger partial charge on any atom is -0.392 e. The van der Waals surface area contributed by atoms with E-state index in [1.165, 1.54) is 58.2 Å². The zero-order chi connectivity index (χ0) is 13.7. The van der Waals surface area contributed by atoms with Crippen molar-refractivity contribution in [2.45, 2.75) is 64.5 Å². The predicted molar refractivity (Wildman–Crippen MR) is 80.3 cm³/mol. The van der Waals surface area contributed by atoms with Crippen LogP contribution in [0.4, 0.5) is 0 Å². The summed E-state index contributed by atoms with van der Waals surface area (Å²) in [5, 5.41) is 9.59. The monoisotopic (exact) mass is 268 g/mol. The molecule has 3 heteroatoms. The molecule has 2 rings (SSSR count). The first-order valence-corrected chi connectivity index (χ1v) is 8.33. The molecule has 2 fully saturated rings. The molecule has 112 valence electrons. The molecule has 19 heavy (non-hydrogen) atoms. The van der Waals surface area contributed by atoms with E-state index in [0.29, 0.717) is 6.04 Å². The Balaban J connectivity index is 1.78. The third-order valence-electron chi connectivity index (χ3n) is 4.90. The molecule has 1 N–H and O–H groups in total. The molecular weight excluding hydrogens is 236 g/mol. The van der Waals surface area contributed by atoms with Crippen LogP contribution in [-0.4, -0.2) is 59.8 Å². The van der Waals surface area contributed by atoms with Crippen molar-refractivity contribution in [1.82, 2.24) is 9.80 Å². The van der Waals surface area contributed by atoms with Gasteiger partial charge in [-0.15, -0.1) is 0 Å². The van der Waals surface area contributed by atoms with E-state index >= 15 is 0 Å². The molecule has 1 saturated heterocycles. The van der Waals surface area contributed by atoms with E-state index < -0.39 is 0 Å². The van der Waals surface area contributed by atoms with Crippen molar-refractivity contribution < 1.29 is 5.11 Å². The van der Waals surface area contributed by atoms with E-state index in [9.17, 15) is 5.11 Å². The molecule has 0 amide bonds. The molecule has 1 aliphatic carbocycles. The minimum atomic E-state index is -0.195. The molecule has 3 nitrogen and oxygen atoms in total. The van der Waals surface area contributed by atoms with Gasteiger partial charge in [-0.1, -0.05) is 26.2 Å². The number of β-amino-alcohol motifs (C(OH)–C–C–N with tert-alkyl or cyclic N) is 1. The second-order valence-electron chi connectivity index (χ2n) is 6.67. The lowest BCUT2D eigenvalue weighted by molar-refractivity contribution is 0.0287. The summed E-state index contributed by atoms with van der Waals surface area (Å²) in [6.45, 7) is 9.88. The smallest absolute Gasteiger partial charge is 0.0639 e. The summed E-state index contributed by atoms with van der Waals surface area (Å²) < 4.78 is 0. The Morgan fingerprint density at radius 1 is 1.16 bits per heavy atom. The highest BCUT2D eigenvalue weighted by Gasteiger charge is 2.27. The molecule has 1 heterocycles. The van der Waals surface area contributed by atoms with Gasteiger partial charge in [-0.3, -0.25) is 4.90 Å². The lowest BCUT2D eigenvalue weighted by atomic mass is 9.88. The Bertz CT molecular complexity index is 251. The Kier molecular flexibility index (Phi) is 6.11. The maximum absolute atomic E-state index is 9.59. The second-order valence-corrected chi connectivity index (χ2v) is 6.67. The molecule has 2 aliphatic rings. The van der Waals surface area contributed by atoms with Gasteiger partial charge in [0, 0.05) is 38.8 Å². The van der Waals surface area contributed by atoms with Crippen LogP contribution >= 0.6 is 0 Å². The van der Waals surface area contributed by atoms with Gasteiger partial charge < -0.3 is 10.0 Å². The first-order chi connectivity index (χ1) is 9.19. The van der Waals surface area contributed by atoms with Gasteiger partial charge in [0.05, 0.1) is 6.10 Å². The zero-order valence-corrected chi connectivity index (χ0v) is 12.9. The second kappa shape index (κ2) is 7.61. The molecule has 0 spiro atoms. The lowest BCUT2D eigenvalue weighted by Gasteiger charge is -2.43. The number of aliphatic hydroxyl groups excluding tert-OH is 1. The number of hydrogen-bond donors (Lipinski definition) is 1. The predicted octanol–water partition coefficient (Wildman–Crippen LogP) is 2.34. The van der Waals surface area contributed by atoms with Crippen molar-refractivity contribution in [2.75, 3.05) is 32.7 Å². The van der Waals surface area contributed by atoms with Crippen LogP contribution in [0.5, 0.6) is 0 Å². The standard InChI is InChI=1S/C16H32N2O/c1-3-16-13-17(9-10-18(16)11-14(2)19)12-15-7-5-4-6-8-15/h14-16,19H,3-13H2,1-2H3/t14-,16+/m0/s1. The zero-order valence-electron chi connectivity index (χ0n) is 12.9. The van der Waals surface area contributed by atoms with Crippen LogP contribution < -0.4 is 0 Å². The third-order valence-corrected chi connectivity index (χ3v) is 4.90. The highest BCUT2D eigenvalue weighted by molar-refractivity contribution is 4.83. The third kappa shape index (κ3) is 4.73. The Morgan fingerprint density at radius 3 is 2.53 bits per heavy atom. The van der Waals surface area contributed by atoms with E-state index in [-0.39, 0.29) is 6.10 Å². The van der Waals surface area contributed by atoms with E-state index in [4.69, 9.17) is 0 Å². The number of hydrogen-bond acceptors (Lipinski definition) is 3. The van der Waals surface area contributed by atoms with Gasteiger partial charge in [0.15, 0.2) is 0 Å². The SMILES string of the molecule is CC[C@@H]1CN(CC2CCCCC2)CCN1C[C@H](C)O. The first-order valence-electron chi connectivity index (χ1n) is 8.33. The van der Waals surface area contributed by atoms with Gasteiger partial charge in [0.25, 0.3) is 0 Å². The molecule has 2 atom stereocenters. The Morgan fingerprint density at radius 2 is 1.89 bits per heavy atom. The number of rotatable bonds is 5. The van der Waals surface area contributed by atoms with Crippen LogP contribution in [0.25, 0.3) is 0 Å². The van der Waals surface area contributed by atoms with Crippen LogP contribution in [0.15, 0.2) is 0 Å². The fourth-order valence-electron chi connectivity index (χ4n) is 3.82. The normalized spacial score (nSPS) is 29.5. The Hall–Kier alpha value is -0.120. The molecule has 0 radical (unpaired) electrons. The molecule has 0 unspecified atom stereocenters. The summed E-state index contributed by atoms with van der Waals surface area (Å²) in [7, 11) is 0. The fraction of sp³-hybridized carbons (Fsp3) is 1.00. The van der Waals surface area contributed by atoms with Gasteiger partial charge >= 0.3 is 0 Å². The van der Waals surface area contributed by atoms with Gasteiger partial charge in [-0.25, -0.2) is 0 Å². The van der Waals surface area contributed by atoms with Crippen LogP contribution in [0.3, 0.4) is 0 Å². The van der Waals surface area contributed by atoms with Crippen LogP contribution in [0.2, 0.25) is 0 Å². The molecule has 0 aromatic carbocycles. The van der Waals surface area contributed by atoms with Crippen molar-refractivity contribution >= 4 is 0 Å². The lowest BCUT2D eigenvalue weighted by Crippen LogP contribution is -2.55. The van der Waals surface area contributed by atoms with Crippen molar-refractivity contribution in [2.24, 2.45) is 5.92 Å². The number of piperazine rings is 1. The molecule has 1 saturated carbocycles. The molecular formula is C16H32N2O. The maximum atomic E-state index is 9.59. The average molecular weight is 268 g/mol. The summed E-state index contributed by atoms with van der Waals surface area (Å²) in [4.78, 5) is 5.17. The summed E-state index contributed by atoms with van der Waals surface area (Å²) >= 11 is 0. The topological polar surface area (TPSA) is 26.7 Å². The van der Waals surface area contributed by atoms with Crippen LogP contribution in [0.1, 0.15) is 52.4 Å². The van der Waals surface area contributed by atoms with Crippen molar-refractivity contribution in [3.63, 3.8) is 0 Å². The minimum absolute atomic E-state index is 0.195. The molecule has 0 aromatic heterocycles. The molecule has 1 aliphatic heterocycles. The maximum Gasteiger partial charge on any atom is 0.0639 e. The fourth-order valence-corrected chi connectivity index (χ4v) is 3.82. The van der Waals surface area contributed by atoms with Crippen molar-refractivity contribution in [1.29, 1.82) is 0 Å². The Labute approximate surface area is 119 Å². The molecule has 0 bridgehead atoms. The highest BCUT2D eigenvalue weighted by Crippen LogP contribution is 2.25. The van der Waals surface area contributed by atoms with Gasteiger partial charge in [-0.05, 0) is 32.1 Å². The van der Waals surface area contributed by atoms with Crippen LogP contribution in [-0.2, 0) is 0 Å². The van der Waals surface area contributed by atoms with Gasteiger partial charge in [0.1, 0.15) is 0 Å². The van der Waals surface area contributed by atoms with Crippen molar-refractivity contribution in [3.8, 4) is 0 Å². The van der Waals surface area contributed by atoms with E-state index in [1.54, 1.807) is 0 Å². The summed E-state index contributed by atoms with van der Waals surface area (Å²) in [5.41, 5.74) is 0. The van der Waals surface area contributed by atoms with E-state index in [2.05, 4.69) is 16.7 Å². The summed E-state index contributed by atoms with van der Waals surface area (Å²) in [6.07, 6.45) is 8.26. The van der Waals surface area contributed by atoms with Crippen molar-refractivity contribution in [3.05, 3.63) is 0 Å². The molecule has 0 aromatic rings. The quantitative estimate of drug-likeness (QED) is 0.829. The van der Waals surface area contributed by atoms with Gasteiger partial charge in [0.2, 0.25) is 0 Å². The van der Waals surface area contributed by atoms with E-state index in [0.717, 1.165) is 19.0 Å². The number of aliphatic hydroxyl groups is 1. The van der Waals surface area contributed by atoms with Crippen LogP contribution in [0, 0.1) is 5.92 Å². The van der Waals surface area contributed by atoms with Gasteiger partial charge in [-0.2, -0.15) is 0 Å².